The summed E-state index contributed by atoms with van der Waals surface area (Å²) in [6, 6.07) is -0.208. The molecule has 0 aliphatic carbocycles. The van der Waals surface area contributed by atoms with E-state index in [9.17, 15) is 14.4 Å². The zero-order valence-corrected chi connectivity index (χ0v) is 11.2. The second-order valence-electron chi connectivity index (χ2n) is 3.52. The van der Waals surface area contributed by atoms with Crippen molar-refractivity contribution >= 4 is 18.0 Å². The molecule has 0 atom stereocenters. The van der Waals surface area contributed by atoms with Crippen LogP contribution >= 0.6 is 0 Å². The molecule has 0 unspecified atom stereocenters. The smallest absolute Gasteiger partial charge is 0.331 e. The topological polar surface area (TPSA) is 93.7 Å². The van der Waals surface area contributed by atoms with Gasteiger partial charge in [-0.25, -0.2) is 14.4 Å². The van der Waals surface area contributed by atoms with Crippen molar-refractivity contribution in [3.63, 3.8) is 0 Å². The third kappa shape index (κ3) is 10.8. The number of unbranched alkanes of at least 4 members (excludes halogenated alkanes) is 1. The SMILES string of the molecule is CCNC(=O)NCCCCOC(=O)/C=C/C(=O)OC. The van der Waals surface area contributed by atoms with Gasteiger partial charge in [-0.3, -0.25) is 0 Å². The molecule has 7 nitrogen and oxygen atoms in total. The molecule has 0 spiro atoms. The van der Waals surface area contributed by atoms with E-state index in [0.29, 0.717) is 25.9 Å². The van der Waals surface area contributed by atoms with E-state index in [0.717, 1.165) is 12.2 Å². The minimum Gasteiger partial charge on any atom is -0.466 e. The number of esters is 2. The number of ether oxygens (including phenoxy) is 2. The quantitative estimate of drug-likeness (QED) is 0.378. The normalized spacial score (nSPS) is 10.0. The highest BCUT2D eigenvalue weighted by Crippen LogP contribution is 1.91. The summed E-state index contributed by atoms with van der Waals surface area (Å²) in [7, 11) is 1.22. The molecular formula is C12H20N2O5. The van der Waals surface area contributed by atoms with Gasteiger partial charge in [-0.15, -0.1) is 0 Å². The van der Waals surface area contributed by atoms with Crippen molar-refractivity contribution in [1.82, 2.24) is 10.6 Å². The molecule has 19 heavy (non-hydrogen) atoms. The second-order valence-corrected chi connectivity index (χ2v) is 3.52. The van der Waals surface area contributed by atoms with Crippen LogP contribution in [0, 0.1) is 0 Å². The van der Waals surface area contributed by atoms with Crippen molar-refractivity contribution in [3.8, 4) is 0 Å². The third-order valence-corrected chi connectivity index (χ3v) is 2.00. The summed E-state index contributed by atoms with van der Waals surface area (Å²) in [5.74, 6) is -1.20. The molecule has 0 radical (unpaired) electrons. The van der Waals surface area contributed by atoms with Crippen molar-refractivity contribution in [3.05, 3.63) is 12.2 Å². The van der Waals surface area contributed by atoms with Crippen LogP contribution in [-0.2, 0) is 19.1 Å². The van der Waals surface area contributed by atoms with Gasteiger partial charge in [-0.1, -0.05) is 0 Å². The number of methoxy groups -OCH3 is 1. The fourth-order valence-corrected chi connectivity index (χ4v) is 1.08. The van der Waals surface area contributed by atoms with Crippen LogP contribution < -0.4 is 10.6 Å². The molecule has 0 saturated carbocycles. The molecule has 0 aromatic heterocycles. The first kappa shape index (κ1) is 16.9. The van der Waals surface area contributed by atoms with Crippen molar-refractivity contribution in [1.29, 1.82) is 0 Å². The molecule has 0 fully saturated rings. The molecule has 0 heterocycles. The molecule has 0 aliphatic rings. The first-order valence-corrected chi connectivity index (χ1v) is 6.04. The zero-order chi connectivity index (χ0) is 14.5. The van der Waals surface area contributed by atoms with Gasteiger partial charge in [0.15, 0.2) is 0 Å². The average Bonchev–Trinajstić information content (AvgIpc) is 2.40. The number of carbonyl (C=O) groups excluding carboxylic acids is 3. The van der Waals surface area contributed by atoms with Gasteiger partial charge in [-0.2, -0.15) is 0 Å². The van der Waals surface area contributed by atoms with Gasteiger partial charge >= 0.3 is 18.0 Å². The van der Waals surface area contributed by atoms with Gasteiger partial charge in [0.1, 0.15) is 0 Å². The summed E-state index contributed by atoms with van der Waals surface area (Å²) in [6.45, 7) is 3.17. The van der Waals surface area contributed by atoms with Crippen LogP contribution in [0.25, 0.3) is 0 Å². The monoisotopic (exact) mass is 272 g/mol. The Hall–Kier alpha value is -2.05. The van der Waals surface area contributed by atoms with Crippen molar-refractivity contribution < 1.29 is 23.9 Å². The minimum absolute atomic E-state index is 0.208. The molecule has 7 heteroatoms. The predicted octanol–water partition coefficient (Wildman–Crippen LogP) is 0.358. The lowest BCUT2D eigenvalue weighted by Gasteiger charge is -2.05. The highest BCUT2D eigenvalue weighted by atomic mass is 16.5. The Balaban J connectivity index is 3.49. The van der Waals surface area contributed by atoms with Crippen LogP contribution in [-0.4, -0.2) is 44.8 Å². The highest BCUT2D eigenvalue weighted by molar-refractivity contribution is 5.91. The van der Waals surface area contributed by atoms with Crippen molar-refractivity contribution in [2.75, 3.05) is 26.8 Å². The van der Waals surface area contributed by atoms with Crippen LogP contribution in [0.3, 0.4) is 0 Å². The number of carbonyl (C=O) groups is 3. The van der Waals surface area contributed by atoms with Crippen LogP contribution in [0.2, 0.25) is 0 Å². The van der Waals surface area contributed by atoms with E-state index in [1.165, 1.54) is 7.11 Å². The molecule has 0 bridgehead atoms. The van der Waals surface area contributed by atoms with Gasteiger partial charge in [-0.05, 0) is 19.8 Å². The van der Waals surface area contributed by atoms with E-state index in [-0.39, 0.29) is 12.6 Å². The van der Waals surface area contributed by atoms with Gasteiger partial charge < -0.3 is 20.1 Å². The summed E-state index contributed by atoms with van der Waals surface area (Å²) >= 11 is 0. The number of amides is 2. The van der Waals surface area contributed by atoms with Gasteiger partial charge in [0, 0.05) is 25.2 Å². The van der Waals surface area contributed by atoms with E-state index in [2.05, 4.69) is 15.4 Å². The Bertz CT molecular complexity index is 328. The van der Waals surface area contributed by atoms with Crippen molar-refractivity contribution in [2.45, 2.75) is 19.8 Å². The number of nitrogens with one attached hydrogen (secondary N) is 2. The number of urea groups is 1. The Morgan fingerprint density at radius 2 is 1.74 bits per heavy atom. The molecule has 0 rings (SSSR count). The molecule has 0 aromatic carbocycles. The second kappa shape index (κ2) is 11.1. The van der Waals surface area contributed by atoms with Gasteiger partial charge in [0.05, 0.1) is 13.7 Å². The maximum atomic E-state index is 11.1. The molecule has 2 N–H and O–H groups in total. The molecule has 2 amide bonds. The third-order valence-electron chi connectivity index (χ3n) is 2.00. The maximum Gasteiger partial charge on any atom is 0.331 e. The van der Waals surface area contributed by atoms with Crippen LogP contribution in [0.1, 0.15) is 19.8 Å². The van der Waals surface area contributed by atoms with E-state index < -0.39 is 11.9 Å². The van der Waals surface area contributed by atoms with E-state index in [1.54, 1.807) is 0 Å². The average molecular weight is 272 g/mol. The molecule has 0 aromatic rings. The predicted molar refractivity (Wildman–Crippen MR) is 68.4 cm³/mol. The number of hydrogen-bond acceptors (Lipinski definition) is 5. The molecular weight excluding hydrogens is 252 g/mol. The first-order valence-electron chi connectivity index (χ1n) is 6.04. The zero-order valence-electron chi connectivity index (χ0n) is 11.2. The summed E-state index contributed by atoms with van der Waals surface area (Å²) in [6.07, 6.45) is 3.34. The van der Waals surface area contributed by atoms with Gasteiger partial charge in [0.25, 0.3) is 0 Å². The van der Waals surface area contributed by atoms with Crippen LogP contribution in [0.15, 0.2) is 12.2 Å². The summed E-state index contributed by atoms with van der Waals surface area (Å²) < 4.78 is 9.15. The fraction of sp³-hybridized carbons (Fsp3) is 0.583. The summed E-state index contributed by atoms with van der Waals surface area (Å²) in [4.78, 5) is 32.8. The van der Waals surface area contributed by atoms with Gasteiger partial charge in [0.2, 0.25) is 0 Å². The maximum absolute atomic E-state index is 11.1. The largest absolute Gasteiger partial charge is 0.466 e. The van der Waals surface area contributed by atoms with Crippen LogP contribution in [0.4, 0.5) is 4.79 Å². The summed E-state index contributed by atoms with van der Waals surface area (Å²) in [5, 5.41) is 5.25. The lowest BCUT2D eigenvalue weighted by atomic mass is 10.3. The summed E-state index contributed by atoms with van der Waals surface area (Å²) in [5.41, 5.74) is 0. The lowest BCUT2D eigenvalue weighted by molar-refractivity contribution is -0.139. The molecule has 108 valence electrons. The minimum atomic E-state index is -0.608. The Labute approximate surface area is 112 Å². The fourth-order valence-electron chi connectivity index (χ4n) is 1.08. The van der Waals surface area contributed by atoms with E-state index in [4.69, 9.17) is 4.74 Å². The van der Waals surface area contributed by atoms with Crippen molar-refractivity contribution in [2.24, 2.45) is 0 Å². The Morgan fingerprint density at radius 1 is 1.05 bits per heavy atom. The molecule has 0 saturated heterocycles. The highest BCUT2D eigenvalue weighted by Gasteiger charge is 2.00. The Morgan fingerprint density at radius 3 is 2.37 bits per heavy atom. The van der Waals surface area contributed by atoms with Crippen LogP contribution in [0.5, 0.6) is 0 Å². The van der Waals surface area contributed by atoms with E-state index in [1.807, 2.05) is 6.92 Å². The number of hydrogen-bond donors (Lipinski definition) is 2. The number of rotatable bonds is 8. The van der Waals surface area contributed by atoms with E-state index >= 15 is 0 Å². The Kier molecular flexibility index (Phi) is 9.87. The lowest BCUT2D eigenvalue weighted by Crippen LogP contribution is -2.35. The first-order chi connectivity index (χ1) is 9.10. The standard InChI is InChI=1S/C12H20N2O5/c1-3-13-12(17)14-8-4-5-9-19-11(16)7-6-10(15)18-2/h6-7H,3-5,8-9H2,1-2H3,(H2,13,14,17)/b7-6+. The molecule has 0 aliphatic heterocycles.